The number of fused-ring (bicyclic) bond motifs is 6. The number of aromatic nitrogens is 8. The maximum atomic E-state index is 9.38. The van der Waals surface area contributed by atoms with Crippen molar-refractivity contribution in [2.24, 2.45) is 0 Å². The van der Waals surface area contributed by atoms with Crippen LogP contribution in [0.1, 0.15) is 44.6 Å². The number of benzene rings is 2. The Morgan fingerprint density at radius 1 is 0.388 bits per heavy atom. The molecule has 8 aromatic heterocycles. The summed E-state index contributed by atoms with van der Waals surface area (Å²) in [5.41, 5.74) is 12.5. The summed E-state index contributed by atoms with van der Waals surface area (Å²) < 4.78 is 10.4. The van der Waals surface area contributed by atoms with Crippen LogP contribution in [-0.2, 0) is 35.7 Å². The summed E-state index contributed by atoms with van der Waals surface area (Å²) in [7, 11) is 1.60. The third-order valence-electron chi connectivity index (χ3n) is 10.5. The first kappa shape index (κ1) is 49.2. The topological polar surface area (TPSA) is 162 Å². The smallest absolute Gasteiger partial charge is 0.146 e. The molecule has 0 saturated carbocycles. The van der Waals surface area contributed by atoms with Gasteiger partial charge in [-0.3, -0.25) is 4.98 Å². The van der Waals surface area contributed by atoms with Gasteiger partial charge in [0, 0.05) is 40.7 Å². The van der Waals surface area contributed by atoms with Crippen LogP contribution in [-0.4, -0.2) is 70.4 Å². The van der Waals surface area contributed by atoms with Crippen molar-refractivity contribution in [2.75, 3.05) is 20.3 Å². The molecule has 0 atom stereocenters. The number of hydrogen-bond donors (Lipinski definition) is 2. The minimum atomic E-state index is -0.116. The number of alkyl halides is 1. The molecule has 12 nitrogen and oxygen atoms in total. The van der Waals surface area contributed by atoms with Crippen LogP contribution in [0.25, 0.3) is 89.2 Å². The van der Waals surface area contributed by atoms with Crippen LogP contribution in [0, 0.1) is 0 Å². The standard InChI is InChI=1S/C27H24N4O2.C24H18N4O2.CH3Cl.2CH4/c1-3-20-6-4-8-22(28-20)24-14-12-18-10-11-19-13-15-25(31-27(19)26(18)30-24)23-9-5-7-21(29-23)16-33-17-32-2;29-13-17-3-1-5-19(25-17)21-11-9-15-7-8-16-10-12-22(28-24(16)23(15)27-21)20-6-2-4-18(14-30)26-20;1-2;;/h4-15H,3,16-17H2,1-2H3;1-12,29-30H,13-14H2;1H3;2*1H4. The van der Waals surface area contributed by atoms with E-state index in [0.29, 0.717) is 29.4 Å². The first-order valence-electron chi connectivity index (χ1n) is 20.9. The zero-order valence-electron chi connectivity index (χ0n) is 36.1. The highest BCUT2D eigenvalue weighted by Gasteiger charge is 2.13. The van der Waals surface area contributed by atoms with E-state index in [0.717, 1.165) is 95.6 Å². The summed E-state index contributed by atoms with van der Waals surface area (Å²) >= 11 is 4.64. The number of aryl methyl sites for hydroxylation is 1. The fourth-order valence-corrected chi connectivity index (χ4v) is 7.28. The normalized spacial score (nSPS) is 10.7. The van der Waals surface area contributed by atoms with Crippen LogP contribution < -0.4 is 0 Å². The molecule has 0 radical (unpaired) electrons. The average Bonchev–Trinajstić information content (AvgIpc) is 3.39. The molecule has 67 heavy (non-hydrogen) atoms. The van der Waals surface area contributed by atoms with Gasteiger partial charge in [-0.15, -0.1) is 11.6 Å². The van der Waals surface area contributed by atoms with Crippen LogP contribution in [0.15, 0.2) is 146 Å². The minimum absolute atomic E-state index is 0. The lowest BCUT2D eigenvalue weighted by Crippen LogP contribution is -2.00. The quantitative estimate of drug-likeness (QED) is 0.0547. The summed E-state index contributed by atoms with van der Waals surface area (Å²) in [6, 6.07) is 47.2. The molecule has 340 valence electrons. The summed E-state index contributed by atoms with van der Waals surface area (Å²) in [6.45, 7) is 2.49. The number of ether oxygens (including phenoxy) is 2. The molecular formula is C54H53ClN8O4. The molecule has 8 heterocycles. The van der Waals surface area contributed by atoms with Gasteiger partial charge in [-0.2, -0.15) is 0 Å². The van der Waals surface area contributed by atoms with Gasteiger partial charge >= 0.3 is 0 Å². The monoisotopic (exact) mass is 912 g/mol. The highest BCUT2D eigenvalue weighted by molar-refractivity contribution is 6.15. The van der Waals surface area contributed by atoms with Crippen molar-refractivity contribution in [3.63, 3.8) is 0 Å². The molecule has 0 aliphatic heterocycles. The van der Waals surface area contributed by atoms with Gasteiger partial charge in [0.25, 0.3) is 0 Å². The van der Waals surface area contributed by atoms with Crippen LogP contribution in [0.2, 0.25) is 0 Å². The van der Waals surface area contributed by atoms with E-state index in [4.69, 9.17) is 39.4 Å². The zero-order chi connectivity index (χ0) is 45.1. The average molecular weight is 914 g/mol. The van der Waals surface area contributed by atoms with Crippen molar-refractivity contribution in [2.45, 2.75) is 48.0 Å². The number of aliphatic hydroxyl groups is 2. The third kappa shape index (κ3) is 11.3. The second-order valence-corrected chi connectivity index (χ2v) is 14.7. The summed E-state index contributed by atoms with van der Waals surface area (Å²) in [4.78, 5) is 38.0. The maximum Gasteiger partial charge on any atom is 0.146 e. The fourth-order valence-electron chi connectivity index (χ4n) is 7.28. The molecule has 0 saturated heterocycles. The van der Waals surface area contributed by atoms with Gasteiger partial charge in [0.05, 0.1) is 105 Å². The Kier molecular flexibility index (Phi) is 17.1. The molecule has 0 fully saturated rings. The van der Waals surface area contributed by atoms with Gasteiger partial charge < -0.3 is 19.7 Å². The lowest BCUT2D eigenvalue weighted by Gasteiger charge is -2.09. The number of methoxy groups -OCH3 is 1. The predicted octanol–water partition coefficient (Wildman–Crippen LogP) is 11.6. The molecular weight excluding hydrogens is 860 g/mol. The largest absolute Gasteiger partial charge is 0.390 e. The Labute approximate surface area is 395 Å². The molecule has 10 rings (SSSR count). The van der Waals surface area contributed by atoms with Crippen LogP contribution >= 0.6 is 11.6 Å². The third-order valence-corrected chi connectivity index (χ3v) is 10.5. The van der Waals surface area contributed by atoms with E-state index in [1.807, 2.05) is 109 Å². The molecule has 2 aromatic carbocycles. The van der Waals surface area contributed by atoms with Crippen LogP contribution in [0.4, 0.5) is 0 Å². The highest BCUT2D eigenvalue weighted by atomic mass is 35.5. The van der Waals surface area contributed by atoms with E-state index in [-0.39, 0.29) is 34.9 Å². The number of halogens is 1. The van der Waals surface area contributed by atoms with E-state index < -0.39 is 0 Å². The van der Waals surface area contributed by atoms with E-state index >= 15 is 0 Å². The summed E-state index contributed by atoms with van der Waals surface area (Å²) in [6.07, 6.45) is 2.36. The van der Waals surface area contributed by atoms with E-state index in [1.165, 1.54) is 6.38 Å². The number of hydrogen-bond acceptors (Lipinski definition) is 12. The molecule has 2 N–H and O–H groups in total. The molecule has 10 aromatic rings. The first-order chi connectivity index (χ1) is 32.0. The Balaban J connectivity index is 0.000000208. The van der Waals surface area contributed by atoms with Crippen molar-refractivity contribution < 1.29 is 19.7 Å². The fraction of sp³-hybridized carbons (Fsp3) is 0.185. The SMILES string of the molecule is C.C.CCc1cccc(-c2ccc3ccc4ccc(-c5cccc(COCOC)n5)nc4c3n2)n1.CCl.OCc1cccc(-c2ccc3ccc4ccc(-c5cccc(CO)n5)nc4c3n2)n1. The molecule has 0 bridgehead atoms. The van der Waals surface area contributed by atoms with E-state index in [2.05, 4.69) is 52.8 Å². The summed E-state index contributed by atoms with van der Waals surface area (Å²) in [5, 5.41) is 22.8. The molecule has 0 aliphatic rings. The van der Waals surface area contributed by atoms with Gasteiger partial charge in [0.2, 0.25) is 0 Å². The zero-order valence-corrected chi connectivity index (χ0v) is 36.8. The molecule has 0 spiro atoms. The Morgan fingerprint density at radius 2 is 0.672 bits per heavy atom. The van der Waals surface area contributed by atoms with E-state index in [9.17, 15) is 10.2 Å². The number of pyridine rings is 8. The molecule has 13 heteroatoms. The van der Waals surface area contributed by atoms with Crippen LogP contribution in [0.5, 0.6) is 0 Å². The minimum Gasteiger partial charge on any atom is -0.390 e. The second-order valence-electron chi connectivity index (χ2n) is 14.7. The van der Waals surface area contributed by atoms with Gasteiger partial charge in [-0.1, -0.05) is 94.6 Å². The Morgan fingerprint density at radius 3 is 1.00 bits per heavy atom. The lowest BCUT2D eigenvalue weighted by molar-refractivity contribution is -0.0400. The maximum absolute atomic E-state index is 9.38. The van der Waals surface area contributed by atoms with Gasteiger partial charge in [-0.05, 0) is 79.2 Å². The molecule has 0 unspecified atom stereocenters. The Bertz CT molecular complexity index is 3160. The van der Waals surface area contributed by atoms with Crippen molar-refractivity contribution in [3.05, 3.63) is 168 Å². The van der Waals surface area contributed by atoms with Crippen molar-refractivity contribution in [1.82, 2.24) is 39.9 Å². The second kappa shape index (κ2) is 23.3. The van der Waals surface area contributed by atoms with Crippen LogP contribution in [0.3, 0.4) is 0 Å². The van der Waals surface area contributed by atoms with Crippen molar-refractivity contribution in [1.29, 1.82) is 0 Å². The summed E-state index contributed by atoms with van der Waals surface area (Å²) in [5.74, 6) is 0. The van der Waals surface area contributed by atoms with Gasteiger partial charge in [0.15, 0.2) is 0 Å². The lowest BCUT2D eigenvalue weighted by atomic mass is 10.1. The van der Waals surface area contributed by atoms with Gasteiger partial charge in [0.1, 0.15) is 6.79 Å². The van der Waals surface area contributed by atoms with Crippen molar-refractivity contribution in [3.8, 4) is 45.6 Å². The first-order valence-corrected chi connectivity index (χ1v) is 21.7. The Hall–Kier alpha value is -7.19. The van der Waals surface area contributed by atoms with Gasteiger partial charge in [-0.25, -0.2) is 34.9 Å². The predicted molar refractivity (Wildman–Crippen MR) is 270 cm³/mol. The molecule has 0 amide bonds. The highest BCUT2D eigenvalue weighted by Crippen LogP contribution is 2.30. The number of nitrogens with zero attached hydrogens (tertiary/aromatic N) is 8. The number of aliphatic hydroxyl groups excluding tert-OH is 2. The number of rotatable bonds is 11. The molecule has 0 aliphatic carbocycles. The van der Waals surface area contributed by atoms with E-state index in [1.54, 1.807) is 19.2 Å². The van der Waals surface area contributed by atoms with Crippen molar-refractivity contribution >= 4 is 55.2 Å².